The zero-order valence-corrected chi connectivity index (χ0v) is 19.3. The van der Waals surface area contributed by atoms with Crippen molar-refractivity contribution >= 4 is 17.7 Å². The molecule has 1 aromatic heterocycles. The van der Waals surface area contributed by atoms with Crippen LogP contribution in [0.5, 0.6) is 0 Å². The molecule has 1 unspecified atom stereocenters. The van der Waals surface area contributed by atoms with Gasteiger partial charge < -0.3 is 15.7 Å². The summed E-state index contributed by atoms with van der Waals surface area (Å²) in [6, 6.07) is 20.5. The molecule has 1 amide bonds. The van der Waals surface area contributed by atoms with E-state index in [2.05, 4.69) is 78.9 Å². The fourth-order valence-electron chi connectivity index (χ4n) is 3.72. The SMILES string of the molecule is Cc1ccccc1-c1ccc(C(CC(C)C)Nc2ccc(C(=O)NCCC(=O)O)cn2)cc1. The number of carbonyl (C=O) groups is 2. The lowest BCUT2D eigenvalue weighted by atomic mass is 9.94. The molecule has 1 atom stereocenters. The van der Waals surface area contributed by atoms with E-state index in [9.17, 15) is 9.59 Å². The number of amides is 1. The monoisotopic (exact) mass is 445 g/mol. The van der Waals surface area contributed by atoms with Gasteiger partial charge in [-0.15, -0.1) is 0 Å². The second-order valence-corrected chi connectivity index (χ2v) is 8.60. The van der Waals surface area contributed by atoms with Gasteiger partial charge in [0.15, 0.2) is 0 Å². The summed E-state index contributed by atoms with van der Waals surface area (Å²) in [5, 5.41) is 14.8. The average Bonchev–Trinajstić information content (AvgIpc) is 2.79. The highest BCUT2D eigenvalue weighted by atomic mass is 16.4. The maximum absolute atomic E-state index is 12.1. The van der Waals surface area contributed by atoms with Gasteiger partial charge in [-0.1, -0.05) is 62.4 Å². The summed E-state index contributed by atoms with van der Waals surface area (Å²) in [4.78, 5) is 27.1. The number of nitrogens with one attached hydrogen (secondary N) is 2. The molecule has 0 saturated carbocycles. The molecule has 0 fully saturated rings. The zero-order valence-electron chi connectivity index (χ0n) is 19.3. The maximum Gasteiger partial charge on any atom is 0.305 e. The average molecular weight is 446 g/mol. The minimum Gasteiger partial charge on any atom is -0.481 e. The maximum atomic E-state index is 12.1. The van der Waals surface area contributed by atoms with Crippen LogP contribution in [0, 0.1) is 12.8 Å². The minimum atomic E-state index is -0.948. The second-order valence-electron chi connectivity index (χ2n) is 8.60. The van der Waals surface area contributed by atoms with E-state index in [0.717, 1.165) is 6.42 Å². The molecule has 6 nitrogen and oxygen atoms in total. The number of hydrogen-bond donors (Lipinski definition) is 3. The molecular weight excluding hydrogens is 414 g/mol. The lowest BCUT2D eigenvalue weighted by Gasteiger charge is -2.22. The summed E-state index contributed by atoms with van der Waals surface area (Å²) in [5.74, 6) is -0.111. The van der Waals surface area contributed by atoms with E-state index in [0.29, 0.717) is 17.3 Å². The highest BCUT2D eigenvalue weighted by Crippen LogP contribution is 2.29. The number of aromatic nitrogens is 1. The number of pyridine rings is 1. The lowest BCUT2D eigenvalue weighted by Crippen LogP contribution is -2.26. The Morgan fingerprint density at radius 3 is 2.33 bits per heavy atom. The number of anilines is 1. The number of hydrogen-bond acceptors (Lipinski definition) is 4. The Morgan fingerprint density at radius 2 is 1.73 bits per heavy atom. The van der Waals surface area contributed by atoms with Crippen LogP contribution in [0.3, 0.4) is 0 Å². The molecular formula is C27H31N3O3. The largest absolute Gasteiger partial charge is 0.481 e. The molecule has 3 aromatic rings. The number of carboxylic acid groups (broad SMARTS) is 1. The number of nitrogens with zero attached hydrogens (tertiary/aromatic N) is 1. The van der Waals surface area contributed by atoms with E-state index in [1.54, 1.807) is 12.1 Å². The fraction of sp³-hybridized carbons (Fsp3) is 0.296. The summed E-state index contributed by atoms with van der Waals surface area (Å²) in [5.41, 5.74) is 5.25. The molecule has 3 rings (SSSR count). The Bertz CT molecular complexity index is 1080. The van der Waals surface area contributed by atoms with E-state index in [-0.39, 0.29) is 24.9 Å². The van der Waals surface area contributed by atoms with Crippen molar-refractivity contribution in [3.8, 4) is 11.1 Å². The quantitative estimate of drug-likeness (QED) is 0.385. The number of aliphatic carboxylic acids is 1. The smallest absolute Gasteiger partial charge is 0.305 e. The van der Waals surface area contributed by atoms with Gasteiger partial charge in [0.2, 0.25) is 0 Å². The van der Waals surface area contributed by atoms with Crippen molar-refractivity contribution in [3.63, 3.8) is 0 Å². The fourth-order valence-corrected chi connectivity index (χ4v) is 3.72. The molecule has 0 bridgehead atoms. The van der Waals surface area contributed by atoms with E-state index in [4.69, 9.17) is 5.11 Å². The van der Waals surface area contributed by atoms with E-state index < -0.39 is 5.97 Å². The van der Waals surface area contributed by atoms with Gasteiger partial charge in [-0.3, -0.25) is 9.59 Å². The van der Waals surface area contributed by atoms with Crippen LogP contribution in [0.2, 0.25) is 0 Å². The Labute approximate surface area is 195 Å². The van der Waals surface area contributed by atoms with Crippen LogP contribution < -0.4 is 10.6 Å². The van der Waals surface area contributed by atoms with Crippen molar-refractivity contribution in [1.29, 1.82) is 0 Å². The van der Waals surface area contributed by atoms with Gasteiger partial charge in [0.1, 0.15) is 5.82 Å². The molecule has 0 spiro atoms. The van der Waals surface area contributed by atoms with E-state index >= 15 is 0 Å². The van der Waals surface area contributed by atoms with Gasteiger partial charge in [0, 0.05) is 12.7 Å². The summed E-state index contributed by atoms with van der Waals surface area (Å²) in [7, 11) is 0. The van der Waals surface area contributed by atoms with Crippen molar-refractivity contribution in [3.05, 3.63) is 83.6 Å². The summed E-state index contributed by atoms with van der Waals surface area (Å²) < 4.78 is 0. The van der Waals surface area contributed by atoms with Gasteiger partial charge in [0.05, 0.1) is 18.0 Å². The van der Waals surface area contributed by atoms with Crippen molar-refractivity contribution in [2.24, 2.45) is 5.92 Å². The van der Waals surface area contributed by atoms with Crippen molar-refractivity contribution in [2.75, 3.05) is 11.9 Å². The van der Waals surface area contributed by atoms with Crippen LogP contribution in [-0.4, -0.2) is 28.5 Å². The third-order valence-corrected chi connectivity index (χ3v) is 5.45. The predicted molar refractivity (Wildman–Crippen MR) is 131 cm³/mol. The van der Waals surface area contributed by atoms with Crippen LogP contribution in [0.1, 0.15) is 54.2 Å². The molecule has 2 aromatic carbocycles. The zero-order chi connectivity index (χ0) is 23.8. The Morgan fingerprint density at radius 1 is 1.00 bits per heavy atom. The number of aryl methyl sites for hydroxylation is 1. The van der Waals surface area contributed by atoms with Crippen LogP contribution in [0.4, 0.5) is 5.82 Å². The molecule has 0 saturated heterocycles. The normalized spacial score (nSPS) is 11.8. The molecule has 1 heterocycles. The third kappa shape index (κ3) is 6.91. The summed E-state index contributed by atoms with van der Waals surface area (Å²) in [6.45, 7) is 6.58. The molecule has 6 heteroatoms. The number of benzene rings is 2. The lowest BCUT2D eigenvalue weighted by molar-refractivity contribution is -0.136. The van der Waals surface area contributed by atoms with E-state index in [1.807, 2.05) is 6.07 Å². The summed E-state index contributed by atoms with van der Waals surface area (Å²) in [6.07, 6.45) is 2.33. The van der Waals surface area contributed by atoms with Gasteiger partial charge in [-0.05, 0) is 53.6 Å². The van der Waals surface area contributed by atoms with Gasteiger partial charge >= 0.3 is 5.97 Å². The third-order valence-electron chi connectivity index (χ3n) is 5.45. The van der Waals surface area contributed by atoms with Gasteiger partial charge in [-0.2, -0.15) is 0 Å². The molecule has 3 N–H and O–H groups in total. The van der Waals surface area contributed by atoms with Crippen LogP contribution in [0.25, 0.3) is 11.1 Å². The first-order valence-corrected chi connectivity index (χ1v) is 11.2. The highest BCUT2D eigenvalue weighted by Gasteiger charge is 2.15. The standard InChI is InChI=1S/C27H31N3O3/c1-18(2)16-24(21-10-8-20(9-11-21)23-7-5-4-6-19(23)3)30-25-13-12-22(17-29-25)27(33)28-15-14-26(31)32/h4-13,17-18,24H,14-16H2,1-3H3,(H,28,33)(H,29,30)(H,31,32). The Hall–Kier alpha value is -3.67. The van der Waals surface area contributed by atoms with Crippen molar-refractivity contribution in [2.45, 2.75) is 39.7 Å². The first-order chi connectivity index (χ1) is 15.8. The number of carbonyl (C=O) groups excluding carboxylic acids is 1. The van der Waals surface area contributed by atoms with Crippen molar-refractivity contribution < 1.29 is 14.7 Å². The molecule has 33 heavy (non-hydrogen) atoms. The van der Waals surface area contributed by atoms with Gasteiger partial charge in [0.25, 0.3) is 5.91 Å². The molecule has 0 aliphatic carbocycles. The topological polar surface area (TPSA) is 91.3 Å². The predicted octanol–water partition coefficient (Wildman–Crippen LogP) is 5.46. The van der Waals surface area contributed by atoms with Crippen LogP contribution >= 0.6 is 0 Å². The molecule has 0 aliphatic heterocycles. The Balaban J connectivity index is 1.71. The molecule has 172 valence electrons. The highest BCUT2D eigenvalue weighted by molar-refractivity contribution is 5.94. The van der Waals surface area contributed by atoms with Crippen molar-refractivity contribution in [1.82, 2.24) is 10.3 Å². The minimum absolute atomic E-state index is 0.0821. The van der Waals surface area contributed by atoms with Crippen LogP contribution in [0.15, 0.2) is 66.9 Å². The van der Waals surface area contributed by atoms with E-state index in [1.165, 1.54) is 28.5 Å². The second kappa shape index (κ2) is 11.3. The van der Waals surface area contributed by atoms with Gasteiger partial charge in [-0.25, -0.2) is 4.98 Å². The molecule has 0 aliphatic rings. The number of carboxylic acids is 1. The summed E-state index contributed by atoms with van der Waals surface area (Å²) >= 11 is 0. The molecule has 0 radical (unpaired) electrons. The number of rotatable bonds is 10. The first kappa shape index (κ1) is 24.0. The van der Waals surface area contributed by atoms with Crippen LogP contribution in [-0.2, 0) is 4.79 Å². The first-order valence-electron chi connectivity index (χ1n) is 11.2. The Kier molecular flexibility index (Phi) is 8.19.